The van der Waals surface area contributed by atoms with E-state index in [0.29, 0.717) is 0 Å². The molecule has 2 unspecified atom stereocenters. The number of hydrogen-bond acceptors (Lipinski definition) is 3. The number of hydrogen-bond donors (Lipinski definition) is 2. The first kappa shape index (κ1) is 13.4. The standard InChI is InChI=1S/C16H20N2O/c1-11(13-3-7-15(17)8-4-13)19-12(2)14-5-9-16(18)10-6-14/h3-12H,17-18H2,1-2H3. The van der Waals surface area contributed by atoms with Gasteiger partial charge in [0.15, 0.2) is 0 Å². The molecule has 0 aromatic heterocycles. The van der Waals surface area contributed by atoms with E-state index in [1.807, 2.05) is 62.4 Å². The van der Waals surface area contributed by atoms with Crippen molar-refractivity contribution in [3.8, 4) is 0 Å². The van der Waals surface area contributed by atoms with Crippen LogP contribution in [0, 0.1) is 0 Å². The average Bonchev–Trinajstić information content (AvgIpc) is 2.40. The third kappa shape index (κ3) is 3.48. The summed E-state index contributed by atoms with van der Waals surface area (Å²) >= 11 is 0. The summed E-state index contributed by atoms with van der Waals surface area (Å²) in [5, 5.41) is 0. The molecule has 0 spiro atoms. The molecule has 0 radical (unpaired) electrons. The van der Waals surface area contributed by atoms with Crippen LogP contribution in [0.4, 0.5) is 11.4 Å². The lowest BCUT2D eigenvalue weighted by Gasteiger charge is -2.20. The average molecular weight is 256 g/mol. The van der Waals surface area contributed by atoms with E-state index in [2.05, 4.69) is 0 Å². The van der Waals surface area contributed by atoms with Gasteiger partial charge in [-0.1, -0.05) is 24.3 Å². The Labute approximate surface area is 114 Å². The molecule has 0 heterocycles. The molecule has 0 amide bonds. The van der Waals surface area contributed by atoms with Gasteiger partial charge < -0.3 is 16.2 Å². The van der Waals surface area contributed by atoms with Gasteiger partial charge in [-0.25, -0.2) is 0 Å². The second-order valence-corrected chi connectivity index (χ2v) is 4.75. The molecule has 3 nitrogen and oxygen atoms in total. The zero-order valence-electron chi connectivity index (χ0n) is 11.3. The van der Waals surface area contributed by atoms with Gasteiger partial charge in [-0.15, -0.1) is 0 Å². The number of rotatable bonds is 4. The SMILES string of the molecule is CC(OC(C)c1ccc(N)cc1)c1ccc(N)cc1. The van der Waals surface area contributed by atoms with Gasteiger partial charge in [0.25, 0.3) is 0 Å². The predicted octanol–water partition coefficient (Wildman–Crippen LogP) is 3.69. The van der Waals surface area contributed by atoms with Crippen LogP contribution in [-0.2, 0) is 4.74 Å². The topological polar surface area (TPSA) is 61.3 Å². The molecule has 0 aliphatic carbocycles. The lowest BCUT2D eigenvalue weighted by atomic mass is 10.1. The second kappa shape index (κ2) is 5.76. The number of ether oxygens (including phenoxy) is 1. The molecule has 2 aromatic rings. The summed E-state index contributed by atoms with van der Waals surface area (Å²) in [7, 11) is 0. The van der Waals surface area contributed by atoms with Crippen molar-refractivity contribution in [3.63, 3.8) is 0 Å². The summed E-state index contributed by atoms with van der Waals surface area (Å²) < 4.78 is 6.02. The van der Waals surface area contributed by atoms with Crippen molar-refractivity contribution in [2.24, 2.45) is 0 Å². The van der Waals surface area contributed by atoms with Crippen molar-refractivity contribution in [3.05, 3.63) is 59.7 Å². The van der Waals surface area contributed by atoms with Crippen LogP contribution in [0.2, 0.25) is 0 Å². The number of benzene rings is 2. The monoisotopic (exact) mass is 256 g/mol. The Morgan fingerprint density at radius 1 is 0.684 bits per heavy atom. The molecular formula is C16H20N2O. The van der Waals surface area contributed by atoms with Crippen LogP contribution < -0.4 is 11.5 Å². The van der Waals surface area contributed by atoms with Crippen molar-refractivity contribution < 1.29 is 4.74 Å². The van der Waals surface area contributed by atoms with Crippen LogP contribution in [0.15, 0.2) is 48.5 Å². The van der Waals surface area contributed by atoms with Crippen LogP contribution >= 0.6 is 0 Å². The molecule has 0 fully saturated rings. The van der Waals surface area contributed by atoms with Crippen LogP contribution in [0.1, 0.15) is 37.2 Å². The fourth-order valence-electron chi connectivity index (χ4n) is 2.00. The van der Waals surface area contributed by atoms with E-state index in [9.17, 15) is 0 Å². The first-order chi connectivity index (χ1) is 9.06. The van der Waals surface area contributed by atoms with Gasteiger partial charge in [-0.3, -0.25) is 0 Å². The van der Waals surface area contributed by atoms with E-state index < -0.39 is 0 Å². The van der Waals surface area contributed by atoms with Crippen LogP contribution in [0.3, 0.4) is 0 Å². The fourth-order valence-corrected chi connectivity index (χ4v) is 2.00. The molecule has 0 aliphatic heterocycles. The Morgan fingerprint density at radius 2 is 1.00 bits per heavy atom. The van der Waals surface area contributed by atoms with Crippen LogP contribution in [0.25, 0.3) is 0 Å². The summed E-state index contributed by atoms with van der Waals surface area (Å²) in [5.74, 6) is 0. The summed E-state index contributed by atoms with van der Waals surface area (Å²) in [6.07, 6.45) is 0.0429. The lowest BCUT2D eigenvalue weighted by molar-refractivity contribution is 0.00588. The molecule has 4 N–H and O–H groups in total. The van der Waals surface area contributed by atoms with Gasteiger partial charge in [-0.05, 0) is 49.2 Å². The van der Waals surface area contributed by atoms with Gasteiger partial charge >= 0.3 is 0 Å². The molecule has 0 aliphatic rings. The normalized spacial score (nSPS) is 14.0. The highest BCUT2D eigenvalue weighted by Crippen LogP contribution is 2.26. The minimum absolute atomic E-state index is 0.0214. The largest absolute Gasteiger partial charge is 0.399 e. The third-order valence-corrected chi connectivity index (χ3v) is 3.22. The number of nitrogens with two attached hydrogens (primary N) is 2. The molecule has 19 heavy (non-hydrogen) atoms. The molecular weight excluding hydrogens is 236 g/mol. The van der Waals surface area contributed by atoms with Crippen molar-refractivity contribution >= 4 is 11.4 Å². The smallest absolute Gasteiger partial charge is 0.0805 e. The number of anilines is 2. The van der Waals surface area contributed by atoms with E-state index in [1.54, 1.807) is 0 Å². The highest BCUT2D eigenvalue weighted by atomic mass is 16.5. The van der Waals surface area contributed by atoms with Crippen molar-refractivity contribution in [1.82, 2.24) is 0 Å². The van der Waals surface area contributed by atoms with E-state index >= 15 is 0 Å². The van der Waals surface area contributed by atoms with Crippen LogP contribution in [0.5, 0.6) is 0 Å². The Balaban J connectivity index is 2.03. The fraction of sp³-hybridized carbons (Fsp3) is 0.250. The quantitative estimate of drug-likeness (QED) is 0.820. The molecule has 2 atom stereocenters. The van der Waals surface area contributed by atoms with E-state index in [-0.39, 0.29) is 12.2 Å². The molecule has 3 heteroatoms. The molecule has 100 valence electrons. The Morgan fingerprint density at radius 3 is 1.32 bits per heavy atom. The molecule has 2 rings (SSSR count). The summed E-state index contributed by atoms with van der Waals surface area (Å²) in [5.41, 5.74) is 15.1. The lowest BCUT2D eigenvalue weighted by Crippen LogP contribution is -2.05. The third-order valence-electron chi connectivity index (χ3n) is 3.22. The van der Waals surface area contributed by atoms with Gasteiger partial charge in [0.05, 0.1) is 12.2 Å². The van der Waals surface area contributed by atoms with Crippen molar-refractivity contribution in [1.29, 1.82) is 0 Å². The maximum Gasteiger partial charge on any atom is 0.0805 e. The number of nitrogen functional groups attached to an aromatic ring is 2. The second-order valence-electron chi connectivity index (χ2n) is 4.75. The van der Waals surface area contributed by atoms with Gasteiger partial charge in [0, 0.05) is 11.4 Å². The van der Waals surface area contributed by atoms with Crippen molar-refractivity contribution in [2.75, 3.05) is 11.5 Å². The van der Waals surface area contributed by atoms with E-state index in [4.69, 9.17) is 16.2 Å². The van der Waals surface area contributed by atoms with E-state index in [0.717, 1.165) is 22.5 Å². The molecule has 0 saturated heterocycles. The Hall–Kier alpha value is -2.00. The summed E-state index contributed by atoms with van der Waals surface area (Å²) in [4.78, 5) is 0. The maximum absolute atomic E-state index is 6.02. The van der Waals surface area contributed by atoms with Crippen LogP contribution in [-0.4, -0.2) is 0 Å². The predicted molar refractivity (Wildman–Crippen MR) is 79.6 cm³/mol. The van der Waals surface area contributed by atoms with Crippen molar-refractivity contribution in [2.45, 2.75) is 26.1 Å². The summed E-state index contributed by atoms with van der Waals surface area (Å²) in [6, 6.07) is 15.6. The molecule has 0 bridgehead atoms. The highest BCUT2D eigenvalue weighted by molar-refractivity contribution is 5.40. The minimum atomic E-state index is 0.0214. The molecule has 0 saturated carbocycles. The highest BCUT2D eigenvalue weighted by Gasteiger charge is 2.12. The van der Waals surface area contributed by atoms with Gasteiger partial charge in [-0.2, -0.15) is 0 Å². The zero-order chi connectivity index (χ0) is 13.8. The molecule has 2 aromatic carbocycles. The zero-order valence-corrected chi connectivity index (χ0v) is 11.3. The Bertz CT molecular complexity index is 470. The first-order valence-electron chi connectivity index (χ1n) is 6.42. The van der Waals surface area contributed by atoms with Gasteiger partial charge in [0.1, 0.15) is 0 Å². The van der Waals surface area contributed by atoms with E-state index in [1.165, 1.54) is 0 Å². The maximum atomic E-state index is 6.02. The minimum Gasteiger partial charge on any atom is -0.399 e. The summed E-state index contributed by atoms with van der Waals surface area (Å²) in [6.45, 7) is 4.08. The van der Waals surface area contributed by atoms with Gasteiger partial charge in [0.2, 0.25) is 0 Å². The Kier molecular flexibility index (Phi) is 4.07. The first-order valence-corrected chi connectivity index (χ1v) is 6.42.